The number of hydrogen-bond donors (Lipinski definition) is 0. The Balaban J connectivity index is 2.74. The normalized spacial score (nSPS) is 21.5. The van der Waals surface area contributed by atoms with E-state index in [1.54, 1.807) is 0 Å². The quantitative estimate of drug-likeness (QED) is 0.542. The lowest BCUT2D eigenvalue weighted by molar-refractivity contribution is -0.131. The van der Waals surface area contributed by atoms with E-state index in [4.69, 9.17) is 4.74 Å². The molecular weight excluding hydrogens is 218 g/mol. The fourth-order valence-electron chi connectivity index (χ4n) is 1.61. The molecule has 4 heteroatoms. The number of ketones is 2. The Morgan fingerprint density at radius 1 is 1.53 bits per heavy atom. The first-order valence-corrected chi connectivity index (χ1v) is 5.86. The van der Waals surface area contributed by atoms with Crippen molar-refractivity contribution in [2.45, 2.75) is 46.3 Å². The molecule has 1 aliphatic rings. The Bertz CT molecular complexity index is 369. The van der Waals surface area contributed by atoms with Crippen molar-refractivity contribution in [3.63, 3.8) is 0 Å². The molecule has 17 heavy (non-hydrogen) atoms. The highest BCUT2D eigenvalue weighted by Gasteiger charge is 2.24. The van der Waals surface area contributed by atoms with Crippen LogP contribution < -0.4 is 0 Å². The second kappa shape index (κ2) is 5.75. The van der Waals surface area contributed by atoms with Crippen LogP contribution in [0.1, 0.15) is 34.1 Å². The zero-order valence-electron chi connectivity index (χ0n) is 10.8. The zero-order chi connectivity index (χ0) is 13.0. The molecule has 0 radical (unpaired) electrons. The van der Waals surface area contributed by atoms with E-state index < -0.39 is 11.6 Å². The van der Waals surface area contributed by atoms with Gasteiger partial charge in [0.15, 0.2) is 0 Å². The molecular formula is C13H19NO3. The van der Waals surface area contributed by atoms with Gasteiger partial charge in [0.2, 0.25) is 11.6 Å². The second-order valence-corrected chi connectivity index (χ2v) is 4.66. The van der Waals surface area contributed by atoms with Gasteiger partial charge in [-0.15, -0.1) is 0 Å². The largest absolute Gasteiger partial charge is 0.493 e. The smallest absolute Gasteiger partial charge is 0.238 e. The Hall–Kier alpha value is -1.45. The fraction of sp³-hybridized carbons (Fsp3) is 0.615. The third kappa shape index (κ3) is 3.80. The van der Waals surface area contributed by atoms with Crippen molar-refractivity contribution in [2.75, 3.05) is 0 Å². The molecule has 0 fully saturated rings. The number of carbonyl (C=O) groups is 2. The van der Waals surface area contributed by atoms with E-state index in [2.05, 4.69) is 4.99 Å². The van der Waals surface area contributed by atoms with Gasteiger partial charge in [-0.05, 0) is 18.9 Å². The molecule has 0 aromatic heterocycles. The van der Waals surface area contributed by atoms with Crippen molar-refractivity contribution in [1.29, 1.82) is 0 Å². The average Bonchev–Trinajstić information content (AvgIpc) is 2.64. The van der Waals surface area contributed by atoms with E-state index in [1.807, 2.05) is 26.8 Å². The Labute approximate surface area is 102 Å². The summed E-state index contributed by atoms with van der Waals surface area (Å²) in [5, 5.41) is 0. The van der Waals surface area contributed by atoms with Crippen LogP contribution in [0.3, 0.4) is 0 Å². The average molecular weight is 237 g/mol. The van der Waals surface area contributed by atoms with Gasteiger partial charge >= 0.3 is 0 Å². The van der Waals surface area contributed by atoms with E-state index in [0.717, 1.165) is 18.4 Å². The highest BCUT2D eigenvalue weighted by atomic mass is 16.5. The molecule has 2 atom stereocenters. The summed E-state index contributed by atoms with van der Waals surface area (Å²) < 4.78 is 5.63. The third-order valence-electron chi connectivity index (χ3n) is 2.61. The van der Waals surface area contributed by atoms with Gasteiger partial charge in [0.05, 0.1) is 12.3 Å². The van der Waals surface area contributed by atoms with Crippen LogP contribution in [0.5, 0.6) is 0 Å². The summed E-state index contributed by atoms with van der Waals surface area (Å²) in [5.74, 6) is -0.0316. The number of carbonyl (C=O) groups excluding carboxylic acids is 2. The first-order valence-electron chi connectivity index (χ1n) is 5.86. The molecule has 2 unspecified atom stereocenters. The summed E-state index contributed by atoms with van der Waals surface area (Å²) in [6.45, 7) is 7.25. The van der Waals surface area contributed by atoms with Crippen molar-refractivity contribution in [3.8, 4) is 0 Å². The first-order chi connectivity index (χ1) is 7.91. The maximum atomic E-state index is 11.2. The minimum Gasteiger partial charge on any atom is -0.493 e. The number of rotatable bonds is 5. The molecule has 1 heterocycles. The molecule has 0 aromatic rings. The van der Waals surface area contributed by atoms with Crippen LogP contribution in [0, 0.1) is 5.92 Å². The molecule has 0 saturated carbocycles. The first kappa shape index (κ1) is 13.6. The standard InChI is InChI=1S/C13H19NO3/c1-8(2)13(12-6-5-9(3)17-12)14-7-11(16)10(4)15/h6-9,13H,5H2,1-4H3. The van der Waals surface area contributed by atoms with E-state index in [-0.39, 0.29) is 18.1 Å². The van der Waals surface area contributed by atoms with E-state index >= 15 is 0 Å². The summed E-state index contributed by atoms with van der Waals surface area (Å²) in [5.41, 5.74) is 0. The summed E-state index contributed by atoms with van der Waals surface area (Å²) >= 11 is 0. The molecule has 0 spiro atoms. The lowest BCUT2D eigenvalue weighted by Crippen LogP contribution is -2.20. The summed E-state index contributed by atoms with van der Waals surface area (Å²) in [4.78, 5) is 26.2. The maximum absolute atomic E-state index is 11.2. The Morgan fingerprint density at radius 3 is 2.59 bits per heavy atom. The predicted molar refractivity (Wildman–Crippen MR) is 66.1 cm³/mol. The van der Waals surface area contributed by atoms with Crippen molar-refractivity contribution < 1.29 is 14.3 Å². The van der Waals surface area contributed by atoms with Gasteiger partial charge in [-0.3, -0.25) is 14.6 Å². The predicted octanol–water partition coefficient (Wildman–Crippen LogP) is 1.93. The molecule has 94 valence electrons. The lowest BCUT2D eigenvalue weighted by Gasteiger charge is -2.18. The Morgan fingerprint density at radius 2 is 2.18 bits per heavy atom. The molecule has 0 saturated heterocycles. The Kier molecular flexibility index (Phi) is 4.61. The molecule has 1 rings (SSSR count). The van der Waals surface area contributed by atoms with Gasteiger partial charge in [0.1, 0.15) is 11.8 Å². The molecule has 0 N–H and O–H groups in total. The number of nitrogens with zero attached hydrogens (tertiary/aromatic N) is 1. The molecule has 0 aromatic carbocycles. The van der Waals surface area contributed by atoms with Crippen LogP contribution in [0.25, 0.3) is 0 Å². The van der Waals surface area contributed by atoms with Crippen LogP contribution in [0.4, 0.5) is 0 Å². The van der Waals surface area contributed by atoms with Crippen LogP contribution in [0.15, 0.2) is 16.8 Å². The van der Waals surface area contributed by atoms with Gasteiger partial charge in [-0.25, -0.2) is 0 Å². The van der Waals surface area contributed by atoms with Crippen LogP contribution in [-0.4, -0.2) is 29.9 Å². The highest BCUT2D eigenvalue weighted by molar-refractivity contribution is 6.58. The molecule has 1 aliphatic heterocycles. The topological polar surface area (TPSA) is 55.7 Å². The van der Waals surface area contributed by atoms with Crippen LogP contribution in [0.2, 0.25) is 0 Å². The minimum absolute atomic E-state index is 0.171. The van der Waals surface area contributed by atoms with Crippen LogP contribution in [-0.2, 0) is 14.3 Å². The van der Waals surface area contributed by atoms with E-state index in [0.29, 0.717) is 0 Å². The lowest BCUT2D eigenvalue weighted by atomic mass is 10.0. The summed E-state index contributed by atoms with van der Waals surface area (Å²) in [6.07, 6.45) is 4.16. The van der Waals surface area contributed by atoms with Gasteiger partial charge in [0.25, 0.3) is 0 Å². The highest BCUT2D eigenvalue weighted by Crippen LogP contribution is 2.25. The molecule has 0 bridgehead atoms. The molecule has 0 aliphatic carbocycles. The number of aliphatic imine (C=N–C) groups is 1. The van der Waals surface area contributed by atoms with Gasteiger partial charge in [0, 0.05) is 13.3 Å². The monoisotopic (exact) mass is 237 g/mol. The van der Waals surface area contributed by atoms with Gasteiger partial charge in [-0.1, -0.05) is 13.8 Å². The van der Waals surface area contributed by atoms with Gasteiger partial charge in [-0.2, -0.15) is 0 Å². The second-order valence-electron chi connectivity index (χ2n) is 4.66. The zero-order valence-corrected chi connectivity index (χ0v) is 10.8. The number of Topliss-reactive ketones (excluding diaryl/α,β-unsaturated/α-hetero) is 2. The fourth-order valence-corrected chi connectivity index (χ4v) is 1.61. The SMILES string of the molecule is CC(=O)C(=O)C=NC(C1=CCC(C)O1)C(C)C. The van der Waals surface area contributed by atoms with Gasteiger partial charge < -0.3 is 4.74 Å². The summed E-state index contributed by atoms with van der Waals surface area (Å²) in [7, 11) is 0. The van der Waals surface area contributed by atoms with Crippen molar-refractivity contribution >= 4 is 17.8 Å². The molecule has 0 amide bonds. The maximum Gasteiger partial charge on any atom is 0.238 e. The van der Waals surface area contributed by atoms with Crippen molar-refractivity contribution in [3.05, 3.63) is 11.8 Å². The number of ether oxygens (including phenoxy) is 1. The number of hydrogen-bond acceptors (Lipinski definition) is 4. The molecule has 4 nitrogen and oxygen atoms in total. The summed E-state index contributed by atoms with van der Waals surface area (Å²) in [6, 6.07) is -0.178. The van der Waals surface area contributed by atoms with Crippen molar-refractivity contribution in [1.82, 2.24) is 0 Å². The van der Waals surface area contributed by atoms with E-state index in [9.17, 15) is 9.59 Å². The van der Waals surface area contributed by atoms with E-state index in [1.165, 1.54) is 6.92 Å². The third-order valence-corrected chi connectivity index (χ3v) is 2.61. The van der Waals surface area contributed by atoms with Crippen LogP contribution >= 0.6 is 0 Å². The minimum atomic E-state index is -0.567. The van der Waals surface area contributed by atoms with Crippen molar-refractivity contribution in [2.24, 2.45) is 10.9 Å².